The summed E-state index contributed by atoms with van der Waals surface area (Å²) in [5.41, 5.74) is 18.8. The van der Waals surface area contributed by atoms with Crippen molar-refractivity contribution in [3.8, 4) is 0 Å². The molecule has 4 unspecified atom stereocenters. The van der Waals surface area contributed by atoms with Crippen molar-refractivity contribution in [2.75, 3.05) is 9.80 Å². The van der Waals surface area contributed by atoms with Gasteiger partial charge < -0.3 is 9.80 Å². The topological polar surface area (TPSA) is 6.48 Å². The van der Waals surface area contributed by atoms with Gasteiger partial charge in [-0.05, 0) is 106 Å². The minimum atomic E-state index is -0.344. The van der Waals surface area contributed by atoms with Crippen LogP contribution in [-0.2, 0) is 10.8 Å². The van der Waals surface area contributed by atoms with Crippen LogP contribution in [0.4, 0.5) is 11.4 Å². The van der Waals surface area contributed by atoms with E-state index in [2.05, 4.69) is 213 Å². The van der Waals surface area contributed by atoms with E-state index in [4.69, 9.17) is 0 Å². The molecule has 0 saturated carbocycles. The van der Waals surface area contributed by atoms with E-state index in [1.54, 1.807) is 0 Å². The molecule has 2 aliphatic heterocycles. The summed E-state index contributed by atoms with van der Waals surface area (Å²) < 4.78 is 0. The summed E-state index contributed by atoms with van der Waals surface area (Å²) in [6.45, 7) is 24.0. The lowest BCUT2D eigenvalue weighted by Crippen LogP contribution is -2.69. The zero-order chi connectivity index (χ0) is 40.7. The average molecular weight is 761 g/mol. The molecule has 4 atom stereocenters. The lowest BCUT2D eigenvalue weighted by Gasteiger charge is -2.59. The van der Waals surface area contributed by atoms with E-state index >= 15 is 0 Å². The Bertz CT molecular complexity index is 2460. The third-order valence-corrected chi connectivity index (χ3v) is 13.6. The first-order chi connectivity index (χ1) is 27.6. The molecule has 58 heavy (non-hydrogen) atoms. The van der Waals surface area contributed by atoms with E-state index in [0.717, 1.165) is 19.3 Å². The zero-order valence-corrected chi connectivity index (χ0v) is 36.5. The SMILES string of the molecule is CC1=CC2(C)C3B(c4cc(C(C)(C)C)ccc4N(C4=CCC(C)C=C4c4ccccc4)C3=C1)c1cc(C(C)(C)C)ccc1N2C1=CCC(C)C=C(c2ccccc2)C1. The molecule has 0 spiro atoms. The molecule has 4 aromatic carbocycles. The van der Waals surface area contributed by atoms with Gasteiger partial charge in [-0.25, -0.2) is 0 Å². The van der Waals surface area contributed by atoms with Gasteiger partial charge in [0.25, 0.3) is 0 Å². The summed E-state index contributed by atoms with van der Waals surface area (Å²) in [5.74, 6) is 1.08. The molecule has 5 aliphatic rings. The lowest BCUT2D eigenvalue weighted by atomic mass is 9.26. The van der Waals surface area contributed by atoms with Gasteiger partial charge in [0.15, 0.2) is 0 Å². The van der Waals surface area contributed by atoms with E-state index in [1.807, 2.05) is 0 Å². The molecule has 0 N–H and O–H groups in total. The molecule has 0 aromatic heterocycles. The molecule has 0 bridgehead atoms. The number of anilines is 2. The number of benzene rings is 4. The van der Waals surface area contributed by atoms with Crippen molar-refractivity contribution in [3.63, 3.8) is 0 Å². The van der Waals surface area contributed by atoms with Gasteiger partial charge in [-0.15, -0.1) is 0 Å². The van der Waals surface area contributed by atoms with E-state index in [-0.39, 0.29) is 28.9 Å². The molecule has 3 heteroatoms. The van der Waals surface area contributed by atoms with E-state index in [1.165, 1.54) is 78.4 Å². The van der Waals surface area contributed by atoms with Crippen molar-refractivity contribution >= 4 is 40.2 Å². The highest BCUT2D eigenvalue weighted by Gasteiger charge is 2.58. The molecule has 0 fully saturated rings. The van der Waals surface area contributed by atoms with Crippen LogP contribution in [0.5, 0.6) is 0 Å². The maximum absolute atomic E-state index is 2.81. The second-order valence-electron chi connectivity index (χ2n) is 20.2. The summed E-state index contributed by atoms with van der Waals surface area (Å²) in [6.07, 6.45) is 18.3. The monoisotopic (exact) mass is 760 g/mol. The molecule has 2 heterocycles. The zero-order valence-electron chi connectivity index (χ0n) is 36.5. The smallest absolute Gasteiger partial charge is 0.226 e. The average Bonchev–Trinajstić information content (AvgIpc) is 3.38. The summed E-state index contributed by atoms with van der Waals surface area (Å²) >= 11 is 0. The fourth-order valence-electron chi connectivity index (χ4n) is 10.7. The van der Waals surface area contributed by atoms with E-state index < -0.39 is 0 Å². The Morgan fingerprint density at radius 2 is 1.24 bits per heavy atom. The Morgan fingerprint density at radius 1 is 0.672 bits per heavy atom. The number of rotatable bonds is 4. The maximum Gasteiger partial charge on any atom is 0.226 e. The van der Waals surface area contributed by atoms with Crippen LogP contribution < -0.4 is 20.7 Å². The lowest BCUT2D eigenvalue weighted by molar-refractivity contribution is 0.511. The fourth-order valence-corrected chi connectivity index (χ4v) is 10.7. The van der Waals surface area contributed by atoms with Gasteiger partial charge >= 0.3 is 0 Å². The Kier molecular flexibility index (Phi) is 9.34. The fraction of sp³-hybridized carbons (Fsp3) is 0.345. The van der Waals surface area contributed by atoms with Crippen LogP contribution in [0.15, 0.2) is 156 Å². The first-order valence-electron chi connectivity index (χ1n) is 21.8. The van der Waals surface area contributed by atoms with Gasteiger partial charge in [0.05, 0.1) is 5.54 Å². The van der Waals surface area contributed by atoms with E-state index in [0.29, 0.717) is 11.8 Å². The Hall–Kier alpha value is -5.02. The molecule has 294 valence electrons. The second kappa shape index (κ2) is 14.1. The Balaban J connectivity index is 1.33. The van der Waals surface area contributed by atoms with Crippen LogP contribution in [0.25, 0.3) is 11.1 Å². The molecule has 3 aliphatic carbocycles. The summed E-state index contributed by atoms with van der Waals surface area (Å²) in [7, 11) is 0. The molecule has 9 rings (SSSR count). The Labute approximate surface area is 349 Å². The summed E-state index contributed by atoms with van der Waals surface area (Å²) in [4.78, 5) is 5.52. The van der Waals surface area contributed by atoms with Crippen molar-refractivity contribution in [2.24, 2.45) is 11.8 Å². The van der Waals surface area contributed by atoms with Crippen molar-refractivity contribution in [2.45, 2.75) is 111 Å². The first-order valence-corrected chi connectivity index (χ1v) is 21.8. The molecular weight excluding hydrogens is 699 g/mol. The second-order valence-corrected chi connectivity index (χ2v) is 20.2. The first kappa shape index (κ1) is 38.5. The number of fused-ring (bicyclic) bond motifs is 4. The third-order valence-electron chi connectivity index (χ3n) is 13.6. The highest BCUT2D eigenvalue weighted by atomic mass is 15.3. The van der Waals surface area contributed by atoms with Gasteiger partial charge in [0.1, 0.15) is 0 Å². The minimum Gasteiger partial charge on any atom is -0.336 e. The van der Waals surface area contributed by atoms with Gasteiger partial charge in [-0.1, -0.05) is 176 Å². The van der Waals surface area contributed by atoms with Crippen LogP contribution in [-0.4, -0.2) is 12.3 Å². The normalized spacial score (nSPS) is 24.2. The number of hydrogen-bond acceptors (Lipinski definition) is 2. The van der Waals surface area contributed by atoms with Gasteiger partial charge in [0, 0.05) is 46.3 Å². The predicted octanol–water partition coefficient (Wildman–Crippen LogP) is 12.9. The highest BCUT2D eigenvalue weighted by molar-refractivity contribution is 6.90. The molecule has 4 aromatic rings. The highest BCUT2D eigenvalue weighted by Crippen LogP contribution is 2.56. The van der Waals surface area contributed by atoms with Crippen LogP contribution >= 0.6 is 0 Å². The van der Waals surface area contributed by atoms with Gasteiger partial charge in [-0.2, -0.15) is 0 Å². The molecule has 0 saturated heterocycles. The molecule has 0 radical (unpaired) electrons. The largest absolute Gasteiger partial charge is 0.336 e. The van der Waals surface area contributed by atoms with Crippen molar-refractivity contribution in [1.82, 2.24) is 0 Å². The maximum atomic E-state index is 2.81. The number of hydrogen-bond donors (Lipinski definition) is 0. The van der Waals surface area contributed by atoms with E-state index in [9.17, 15) is 0 Å². The standard InChI is InChI=1S/C55H61BN2/c1-36-21-25-44(32-41(29-36)39-17-13-11-14-18-39)58-50-28-24-43(54(7,8)9)34-47(50)56-46-33-42(53(4,5)6)23-27-49(46)57(51-31-38(3)35-55(58,10)52(51)56)48-26-22-37(2)30-45(48)40-19-15-12-16-20-40/h11-20,23-31,33-37,52H,21-22,32H2,1-10H3. The van der Waals surface area contributed by atoms with Crippen molar-refractivity contribution in [1.29, 1.82) is 0 Å². The van der Waals surface area contributed by atoms with Gasteiger partial charge in [-0.3, -0.25) is 0 Å². The van der Waals surface area contributed by atoms with Crippen molar-refractivity contribution < 1.29 is 0 Å². The number of allylic oxidation sites excluding steroid dienone is 8. The van der Waals surface area contributed by atoms with Crippen LogP contribution in [0.3, 0.4) is 0 Å². The van der Waals surface area contributed by atoms with Gasteiger partial charge in [0.2, 0.25) is 6.71 Å². The minimum absolute atomic E-state index is 0.00971. The van der Waals surface area contributed by atoms with Crippen LogP contribution in [0.1, 0.15) is 111 Å². The van der Waals surface area contributed by atoms with Crippen LogP contribution in [0.2, 0.25) is 5.82 Å². The molecular formula is C55H61BN2. The molecule has 2 nitrogen and oxygen atoms in total. The van der Waals surface area contributed by atoms with Crippen LogP contribution in [0, 0.1) is 11.8 Å². The molecule has 0 amide bonds. The quantitative estimate of drug-likeness (QED) is 0.191. The third kappa shape index (κ3) is 6.50. The van der Waals surface area contributed by atoms with Crippen molar-refractivity contribution in [3.05, 3.63) is 178 Å². The summed E-state index contributed by atoms with van der Waals surface area (Å²) in [5, 5.41) is 0. The summed E-state index contributed by atoms with van der Waals surface area (Å²) in [6, 6.07) is 37.2. The Morgan fingerprint density at radius 3 is 1.88 bits per heavy atom. The number of nitrogens with zero attached hydrogens (tertiary/aromatic N) is 2. The predicted molar refractivity (Wildman–Crippen MR) is 251 cm³/mol.